The van der Waals surface area contributed by atoms with Crippen molar-refractivity contribution in [2.24, 2.45) is 0 Å². The van der Waals surface area contributed by atoms with E-state index in [1.807, 2.05) is 16.8 Å². The van der Waals surface area contributed by atoms with Crippen LogP contribution in [-0.2, 0) is 14.2 Å². The van der Waals surface area contributed by atoms with Crippen LogP contribution in [0.25, 0.3) is 0 Å². The predicted molar refractivity (Wildman–Crippen MR) is 92.2 cm³/mol. The molecule has 1 heterocycles. The highest BCUT2D eigenvalue weighted by atomic mass is 16.5. The zero-order valence-electron chi connectivity index (χ0n) is 15.2. The van der Waals surface area contributed by atoms with E-state index < -0.39 is 0 Å². The summed E-state index contributed by atoms with van der Waals surface area (Å²) in [6.45, 7) is 1.13. The second-order valence-corrected chi connectivity index (χ2v) is 6.12. The maximum absolute atomic E-state index is 5.25. The van der Waals surface area contributed by atoms with Gasteiger partial charge in [-0.05, 0) is 12.8 Å². The summed E-state index contributed by atoms with van der Waals surface area (Å²) in [5.41, 5.74) is 0. The first kappa shape index (κ1) is 18.8. The van der Waals surface area contributed by atoms with Gasteiger partial charge in [0.1, 0.15) is 26.0 Å². The first-order valence-corrected chi connectivity index (χ1v) is 8.38. The largest absolute Gasteiger partial charge is 0.364 e. The summed E-state index contributed by atoms with van der Waals surface area (Å²) in [7, 11) is 6.85. The van der Waals surface area contributed by atoms with Crippen LogP contribution >= 0.6 is 0 Å². The minimum atomic E-state index is 0.357. The molecule has 2 rings (SSSR count). The van der Waals surface area contributed by atoms with Crippen LogP contribution < -0.4 is 9.80 Å². The Hall–Kier alpha value is -1.51. The second-order valence-electron chi connectivity index (χ2n) is 6.12. The minimum Gasteiger partial charge on any atom is -0.364 e. The molecule has 8 heteroatoms. The average molecular weight is 339 g/mol. The topological polar surface area (TPSA) is 72.8 Å². The van der Waals surface area contributed by atoms with Gasteiger partial charge in [-0.2, -0.15) is 15.0 Å². The molecule has 0 amide bonds. The van der Waals surface area contributed by atoms with Crippen molar-refractivity contribution < 1.29 is 14.2 Å². The van der Waals surface area contributed by atoms with Gasteiger partial charge in [0.05, 0.1) is 0 Å². The third kappa shape index (κ3) is 4.99. The maximum Gasteiger partial charge on any atom is 0.234 e. The van der Waals surface area contributed by atoms with E-state index in [0.717, 1.165) is 18.7 Å². The summed E-state index contributed by atoms with van der Waals surface area (Å²) in [4.78, 5) is 17.7. The summed E-state index contributed by atoms with van der Waals surface area (Å²) in [5.74, 6) is 2.43. The molecule has 1 aliphatic carbocycles. The molecule has 24 heavy (non-hydrogen) atoms. The van der Waals surface area contributed by atoms with Crippen molar-refractivity contribution in [3.05, 3.63) is 5.82 Å². The van der Waals surface area contributed by atoms with Gasteiger partial charge in [-0.15, -0.1) is 0 Å². The van der Waals surface area contributed by atoms with E-state index in [9.17, 15) is 0 Å². The Morgan fingerprint density at radius 2 is 1.42 bits per heavy atom. The molecule has 1 aromatic heterocycles. The molecule has 1 fully saturated rings. The molecule has 0 aliphatic heterocycles. The highest BCUT2D eigenvalue weighted by molar-refractivity contribution is 5.38. The van der Waals surface area contributed by atoms with Crippen molar-refractivity contribution in [2.75, 3.05) is 58.4 Å². The SMILES string of the molecule is COCN(C)c1nc(C2CCCCC2)nc(N(COC)COC)n1. The van der Waals surface area contributed by atoms with E-state index in [4.69, 9.17) is 24.2 Å². The Kier molecular flexibility index (Phi) is 7.61. The minimum absolute atomic E-state index is 0.357. The van der Waals surface area contributed by atoms with Crippen LogP contribution in [0.5, 0.6) is 0 Å². The number of methoxy groups -OCH3 is 3. The molecule has 0 saturated heterocycles. The molecule has 0 radical (unpaired) electrons. The zero-order valence-corrected chi connectivity index (χ0v) is 15.2. The number of anilines is 2. The van der Waals surface area contributed by atoms with E-state index >= 15 is 0 Å². The van der Waals surface area contributed by atoms with Gasteiger partial charge in [0.2, 0.25) is 11.9 Å². The molecule has 0 aromatic carbocycles. The van der Waals surface area contributed by atoms with Gasteiger partial charge in [0.25, 0.3) is 0 Å². The average Bonchev–Trinajstić information content (AvgIpc) is 2.62. The van der Waals surface area contributed by atoms with Crippen LogP contribution in [0.15, 0.2) is 0 Å². The lowest BCUT2D eigenvalue weighted by Crippen LogP contribution is -2.32. The lowest BCUT2D eigenvalue weighted by Gasteiger charge is -2.26. The number of rotatable bonds is 9. The number of hydrogen-bond acceptors (Lipinski definition) is 8. The van der Waals surface area contributed by atoms with Crippen LogP contribution in [0.4, 0.5) is 11.9 Å². The fourth-order valence-electron chi connectivity index (χ4n) is 2.94. The smallest absolute Gasteiger partial charge is 0.234 e. The molecule has 0 spiro atoms. The van der Waals surface area contributed by atoms with Crippen LogP contribution in [-0.4, -0.2) is 63.5 Å². The van der Waals surface area contributed by atoms with Crippen LogP contribution in [0.1, 0.15) is 43.8 Å². The van der Waals surface area contributed by atoms with Crippen LogP contribution in [0, 0.1) is 0 Å². The normalized spacial score (nSPS) is 15.5. The van der Waals surface area contributed by atoms with E-state index in [-0.39, 0.29) is 0 Å². The van der Waals surface area contributed by atoms with Crippen molar-refractivity contribution in [2.45, 2.75) is 38.0 Å². The van der Waals surface area contributed by atoms with E-state index in [1.165, 1.54) is 19.3 Å². The van der Waals surface area contributed by atoms with Gasteiger partial charge in [-0.3, -0.25) is 4.90 Å². The highest BCUT2D eigenvalue weighted by Gasteiger charge is 2.22. The number of nitrogens with zero attached hydrogens (tertiary/aromatic N) is 5. The Bertz CT molecular complexity index is 491. The number of hydrogen-bond donors (Lipinski definition) is 0. The molecule has 1 aliphatic rings. The highest BCUT2D eigenvalue weighted by Crippen LogP contribution is 2.32. The van der Waals surface area contributed by atoms with Crippen molar-refractivity contribution >= 4 is 11.9 Å². The molecule has 0 atom stereocenters. The van der Waals surface area contributed by atoms with Crippen LogP contribution in [0.2, 0.25) is 0 Å². The summed E-state index contributed by atoms with van der Waals surface area (Å²) in [5, 5.41) is 0. The lowest BCUT2D eigenvalue weighted by molar-refractivity contribution is 0.138. The van der Waals surface area contributed by atoms with E-state index in [2.05, 4.69) is 4.98 Å². The third-order valence-electron chi connectivity index (χ3n) is 4.12. The molecule has 0 bridgehead atoms. The Balaban J connectivity index is 2.34. The number of aromatic nitrogens is 3. The van der Waals surface area contributed by atoms with Gasteiger partial charge in [0.15, 0.2) is 0 Å². The second kappa shape index (κ2) is 9.71. The van der Waals surface area contributed by atoms with E-state index in [1.54, 1.807) is 21.3 Å². The molecular weight excluding hydrogens is 310 g/mol. The Morgan fingerprint density at radius 3 is 2.00 bits per heavy atom. The molecular formula is C16H29N5O3. The van der Waals surface area contributed by atoms with Crippen molar-refractivity contribution in [1.82, 2.24) is 15.0 Å². The Labute approximate surface area is 144 Å². The quantitative estimate of drug-likeness (QED) is 0.632. The maximum atomic E-state index is 5.25. The van der Waals surface area contributed by atoms with Gasteiger partial charge < -0.3 is 19.1 Å². The summed E-state index contributed by atoms with van der Waals surface area (Å²) in [6, 6.07) is 0. The summed E-state index contributed by atoms with van der Waals surface area (Å²) < 4.78 is 15.7. The van der Waals surface area contributed by atoms with Gasteiger partial charge in [0, 0.05) is 34.3 Å². The summed E-state index contributed by atoms with van der Waals surface area (Å²) >= 11 is 0. The Morgan fingerprint density at radius 1 is 0.833 bits per heavy atom. The number of ether oxygens (including phenoxy) is 3. The van der Waals surface area contributed by atoms with Gasteiger partial charge in [-0.25, -0.2) is 0 Å². The van der Waals surface area contributed by atoms with Gasteiger partial charge in [-0.1, -0.05) is 19.3 Å². The lowest BCUT2D eigenvalue weighted by atomic mass is 9.89. The first-order valence-electron chi connectivity index (χ1n) is 8.38. The summed E-state index contributed by atoms with van der Waals surface area (Å²) in [6.07, 6.45) is 6.02. The molecule has 136 valence electrons. The molecule has 1 saturated carbocycles. The molecule has 8 nitrogen and oxygen atoms in total. The fraction of sp³-hybridized carbons (Fsp3) is 0.812. The monoisotopic (exact) mass is 339 g/mol. The van der Waals surface area contributed by atoms with Gasteiger partial charge >= 0.3 is 0 Å². The zero-order chi connectivity index (χ0) is 17.4. The van der Waals surface area contributed by atoms with Crippen LogP contribution in [0.3, 0.4) is 0 Å². The molecule has 0 N–H and O–H groups in total. The first-order chi connectivity index (χ1) is 11.7. The standard InChI is InChI=1S/C16H29N5O3/c1-20(10-22-2)15-17-14(13-8-6-5-7-9-13)18-16(19-15)21(11-23-3)12-24-4/h13H,5-12H2,1-4H3. The fourth-order valence-corrected chi connectivity index (χ4v) is 2.94. The molecule has 0 unspecified atom stereocenters. The van der Waals surface area contributed by atoms with Crippen molar-refractivity contribution in [3.63, 3.8) is 0 Å². The van der Waals surface area contributed by atoms with Crippen molar-refractivity contribution in [1.29, 1.82) is 0 Å². The van der Waals surface area contributed by atoms with E-state index in [0.29, 0.717) is 38.0 Å². The molecule has 1 aromatic rings. The third-order valence-corrected chi connectivity index (χ3v) is 4.12. The predicted octanol–water partition coefficient (Wildman–Crippen LogP) is 1.97. The van der Waals surface area contributed by atoms with Crippen molar-refractivity contribution in [3.8, 4) is 0 Å².